The van der Waals surface area contributed by atoms with Crippen LogP contribution in [0.1, 0.15) is 35.6 Å². The fourth-order valence-corrected chi connectivity index (χ4v) is 3.22. The van der Waals surface area contributed by atoms with Crippen LogP contribution in [0.4, 0.5) is 0 Å². The van der Waals surface area contributed by atoms with E-state index in [1.165, 1.54) is 22.3 Å². The Morgan fingerprint density at radius 3 is 2.64 bits per heavy atom. The summed E-state index contributed by atoms with van der Waals surface area (Å²) in [7, 11) is 0. The van der Waals surface area contributed by atoms with Crippen LogP contribution in [0.2, 0.25) is 0 Å². The first-order valence-corrected chi connectivity index (χ1v) is 8.05. The smallest absolute Gasteiger partial charge is 0.111 e. The van der Waals surface area contributed by atoms with Gasteiger partial charge in [-0.3, -0.25) is 5.32 Å². The van der Waals surface area contributed by atoms with Crippen molar-refractivity contribution in [2.24, 2.45) is 0 Å². The van der Waals surface area contributed by atoms with Gasteiger partial charge in [0, 0.05) is 13.0 Å². The van der Waals surface area contributed by atoms with E-state index in [0.717, 1.165) is 32.2 Å². The van der Waals surface area contributed by atoms with E-state index in [9.17, 15) is 5.26 Å². The van der Waals surface area contributed by atoms with Gasteiger partial charge >= 0.3 is 0 Å². The first kappa shape index (κ1) is 14.8. The zero-order chi connectivity index (χ0) is 15.4. The molecule has 1 aliphatic rings. The third kappa shape index (κ3) is 3.05. The van der Waals surface area contributed by atoms with Gasteiger partial charge < -0.3 is 0 Å². The van der Waals surface area contributed by atoms with Crippen molar-refractivity contribution in [1.29, 1.82) is 5.26 Å². The minimum absolute atomic E-state index is 0.435. The summed E-state index contributed by atoms with van der Waals surface area (Å²) in [6.07, 6.45) is 3.72. The highest BCUT2D eigenvalue weighted by atomic mass is 15.0. The average Bonchev–Trinajstić information content (AvgIpc) is 2.60. The molecule has 112 valence electrons. The Morgan fingerprint density at radius 2 is 1.91 bits per heavy atom. The summed E-state index contributed by atoms with van der Waals surface area (Å²) in [6, 6.07) is 19.6. The van der Waals surface area contributed by atoms with E-state index in [2.05, 4.69) is 48.6 Å². The maximum absolute atomic E-state index is 9.76. The van der Waals surface area contributed by atoms with Crippen molar-refractivity contribution < 1.29 is 0 Å². The molecule has 3 rings (SSSR count). The molecule has 2 heteroatoms. The molecule has 0 radical (unpaired) electrons. The van der Waals surface area contributed by atoms with E-state index in [1.54, 1.807) is 0 Å². The van der Waals surface area contributed by atoms with Gasteiger partial charge in [-0.2, -0.15) is 5.26 Å². The molecule has 0 fully saturated rings. The van der Waals surface area contributed by atoms with Crippen LogP contribution in [0.5, 0.6) is 0 Å². The first-order chi connectivity index (χ1) is 10.7. The van der Waals surface area contributed by atoms with Crippen LogP contribution in [0.15, 0.2) is 48.5 Å². The maximum Gasteiger partial charge on any atom is 0.111 e. The lowest BCUT2D eigenvalue weighted by Crippen LogP contribution is -2.48. The normalized spacial score (nSPS) is 20.2. The average molecular weight is 290 g/mol. The van der Waals surface area contributed by atoms with Crippen LogP contribution in [0.3, 0.4) is 0 Å². The number of fused-ring (bicyclic) bond motifs is 1. The van der Waals surface area contributed by atoms with Crippen molar-refractivity contribution in [3.05, 3.63) is 70.8 Å². The zero-order valence-corrected chi connectivity index (χ0v) is 13.1. The molecule has 0 bridgehead atoms. The van der Waals surface area contributed by atoms with Crippen molar-refractivity contribution in [3.63, 3.8) is 0 Å². The molecule has 1 unspecified atom stereocenters. The number of benzene rings is 2. The SMILES string of the molecule is CCc1ccc2c(c1)CC(C#N)(NCc1ccccc1)CC2. The van der Waals surface area contributed by atoms with Crippen molar-refractivity contribution in [2.45, 2.75) is 44.7 Å². The van der Waals surface area contributed by atoms with E-state index in [-0.39, 0.29) is 0 Å². The maximum atomic E-state index is 9.76. The molecule has 0 aromatic heterocycles. The summed E-state index contributed by atoms with van der Waals surface area (Å²) in [6.45, 7) is 2.92. The van der Waals surface area contributed by atoms with Crippen LogP contribution < -0.4 is 5.32 Å². The summed E-state index contributed by atoms with van der Waals surface area (Å²) in [5.41, 5.74) is 4.90. The molecule has 1 atom stereocenters. The van der Waals surface area contributed by atoms with Gasteiger partial charge in [0.1, 0.15) is 5.54 Å². The number of nitrogens with zero attached hydrogens (tertiary/aromatic N) is 1. The zero-order valence-electron chi connectivity index (χ0n) is 13.1. The predicted molar refractivity (Wildman–Crippen MR) is 89.5 cm³/mol. The molecule has 0 saturated heterocycles. The molecule has 1 aliphatic carbocycles. The van der Waals surface area contributed by atoms with E-state index in [0.29, 0.717) is 0 Å². The molecule has 1 N–H and O–H groups in total. The molecular formula is C20H22N2. The molecule has 0 aliphatic heterocycles. The van der Waals surface area contributed by atoms with Gasteiger partial charge in [0.2, 0.25) is 0 Å². The second-order valence-corrected chi connectivity index (χ2v) is 6.17. The quantitative estimate of drug-likeness (QED) is 0.930. The van der Waals surface area contributed by atoms with Crippen LogP contribution in [0, 0.1) is 11.3 Å². The summed E-state index contributed by atoms with van der Waals surface area (Å²) in [5.74, 6) is 0. The van der Waals surface area contributed by atoms with Crippen molar-refractivity contribution >= 4 is 0 Å². The molecule has 0 saturated carbocycles. The fraction of sp³-hybridized carbons (Fsp3) is 0.350. The highest BCUT2D eigenvalue weighted by molar-refractivity contribution is 5.38. The van der Waals surface area contributed by atoms with E-state index in [1.807, 2.05) is 18.2 Å². The lowest BCUT2D eigenvalue weighted by atomic mass is 9.78. The monoisotopic (exact) mass is 290 g/mol. The first-order valence-electron chi connectivity index (χ1n) is 8.05. The molecular weight excluding hydrogens is 268 g/mol. The largest absolute Gasteiger partial charge is 0.295 e. The summed E-state index contributed by atoms with van der Waals surface area (Å²) >= 11 is 0. The lowest BCUT2D eigenvalue weighted by molar-refractivity contribution is 0.364. The van der Waals surface area contributed by atoms with E-state index < -0.39 is 5.54 Å². The van der Waals surface area contributed by atoms with Gasteiger partial charge in [-0.05, 0) is 41.5 Å². The predicted octanol–water partition coefficient (Wildman–Crippen LogP) is 3.79. The Labute approximate surface area is 132 Å². The Kier molecular flexibility index (Phi) is 4.27. The lowest BCUT2D eigenvalue weighted by Gasteiger charge is -2.33. The number of hydrogen-bond acceptors (Lipinski definition) is 2. The molecule has 2 aromatic rings. The van der Waals surface area contributed by atoms with Crippen molar-refractivity contribution in [3.8, 4) is 6.07 Å². The highest BCUT2D eigenvalue weighted by Gasteiger charge is 2.34. The van der Waals surface area contributed by atoms with Gasteiger partial charge in [0.05, 0.1) is 6.07 Å². The number of nitrogens with one attached hydrogen (secondary N) is 1. The molecule has 0 amide bonds. The third-order valence-electron chi connectivity index (χ3n) is 4.68. The van der Waals surface area contributed by atoms with E-state index >= 15 is 0 Å². The Bertz CT molecular complexity index is 685. The van der Waals surface area contributed by atoms with Gasteiger partial charge in [0.25, 0.3) is 0 Å². The van der Waals surface area contributed by atoms with Crippen molar-refractivity contribution in [2.75, 3.05) is 0 Å². The van der Waals surface area contributed by atoms with Crippen LogP contribution >= 0.6 is 0 Å². The number of rotatable bonds is 4. The number of hydrogen-bond donors (Lipinski definition) is 1. The minimum Gasteiger partial charge on any atom is -0.295 e. The van der Waals surface area contributed by atoms with Crippen molar-refractivity contribution in [1.82, 2.24) is 5.32 Å². The number of aryl methyl sites for hydroxylation is 2. The second kappa shape index (κ2) is 6.34. The summed E-state index contributed by atoms with van der Waals surface area (Å²) in [5, 5.41) is 13.3. The molecule has 2 aromatic carbocycles. The molecule has 2 nitrogen and oxygen atoms in total. The Balaban J connectivity index is 1.78. The Hall–Kier alpha value is -2.11. The number of nitriles is 1. The Morgan fingerprint density at radius 1 is 1.09 bits per heavy atom. The van der Waals surface area contributed by atoms with Gasteiger partial charge in [-0.1, -0.05) is 55.5 Å². The fourth-order valence-electron chi connectivity index (χ4n) is 3.22. The van der Waals surface area contributed by atoms with E-state index in [4.69, 9.17) is 0 Å². The standard InChI is InChI=1S/C20H22N2/c1-2-16-8-9-18-10-11-20(15-21,13-19(18)12-16)22-14-17-6-4-3-5-7-17/h3-9,12,22H,2,10-11,13-14H2,1H3. The van der Waals surface area contributed by atoms with Crippen LogP contribution in [-0.2, 0) is 25.8 Å². The third-order valence-corrected chi connectivity index (χ3v) is 4.68. The molecule has 0 spiro atoms. The van der Waals surface area contributed by atoms with Gasteiger partial charge in [-0.25, -0.2) is 0 Å². The van der Waals surface area contributed by atoms with Crippen LogP contribution in [0.25, 0.3) is 0 Å². The molecule has 0 heterocycles. The van der Waals surface area contributed by atoms with Crippen LogP contribution in [-0.4, -0.2) is 5.54 Å². The van der Waals surface area contributed by atoms with Gasteiger partial charge in [0.15, 0.2) is 0 Å². The topological polar surface area (TPSA) is 35.8 Å². The summed E-state index contributed by atoms with van der Waals surface area (Å²) in [4.78, 5) is 0. The molecule has 22 heavy (non-hydrogen) atoms. The summed E-state index contributed by atoms with van der Waals surface area (Å²) < 4.78 is 0. The van der Waals surface area contributed by atoms with Gasteiger partial charge in [-0.15, -0.1) is 0 Å². The second-order valence-electron chi connectivity index (χ2n) is 6.17. The highest BCUT2D eigenvalue weighted by Crippen LogP contribution is 2.29. The minimum atomic E-state index is -0.435.